The van der Waals surface area contributed by atoms with Crippen LogP contribution in [0.25, 0.3) is 0 Å². The van der Waals surface area contributed by atoms with Gasteiger partial charge in [-0.15, -0.1) is 0 Å². The average Bonchev–Trinajstić information content (AvgIpc) is 2.82. The van der Waals surface area contributed by atoms with Gasteiger partial charge in [-0.3, -0.25) is 24.2 Å². The van der Waals surface area contributed by atoms with E-state index in [1.807, 2.05) is 0 Å². The molecule has 0 bridgehead atoms. The highest BCUT2D eigenvalue weighted by Gasteiger charge is 2.41. The maximum Gasteiger partial charge on any atom is 0.236 e. The highest BCUT2D eigenvalue weighted by atomic mass is 19.1. The van der Waals surface area contributed by atoms with Crippen molar-refractivity contribution in [3.05, 3.63) is 95.6 Å². The van der Waals surface area contributed by atoms with E-state index >= 15 is 0 Å². The lowest BCUT2D eigenvalue weighted by Crippen LogP contribution is -2.40. The number of pyridine rings is 1. The van der Waals surface area contributed by atoms with Gasteiger partial charge in [0.1, 0.15) is 17.5 Å². The molecule has 0 aliphatic heterocycles. The Morgan fingerprint density at radius 1 is 0.882 bits per heavy atom. The summed E-state index contributed by atoms with van der Waals surface area (Å²) in [7, 11) is 0. The molecule has 6 nitrogen and oxygen atoms in total. The number of Topliss-reactive ketones (excluding diaryl/α,β-unsaturated/α-hetero) is 3. The number of carbonyl (C=O) groups is 4. The van der Waals surface area contributed by atoms with E-state index in [1.54, 1.807) is 50.2 Å². The van der Waals surface area contributed by atoms with Gasteiger partial charge < -0.3 is 5.32 Å². The summed E-state index contributed by atoms with van der Waals surface area (Å²) in [6, 6.07) is 14.5. The zero-order chi connectivity index (χ0) is 24.8. The first-order chi connectivity index (χ1) is 16.2. The molecule has 0 fully saturated rings. The van der Waals surface area contributed by atoms with Gasteiger partial charge in [-0.1, -0.05) is 19.9 Å². The second-order valence-corrected chi connectivity index (χ2v) is 8.29. The number of halogens is 1. The van der Waals surface area contributed by atoms with Crippen molar-refractivity contribution in [3.8, 4) is 0 Å². The Kier molecular flexibility index (Phi) is 7.79. The van der Waals surface area contributed by atoms with Crippen LogP contribution >= 0.6 is 0 Å². The van der Waals surface area contributed by atoms with Gasteiger partial charge in [-0.2, -0.15) is 0 Å². The molecule has 0 spiro atoms. The molecule has 2 atom stereocenters. The third-order valence-electron chi connectivity index (χ3n) is 5.51. The van der Waals surface area contributed by atoms with Crippen molar-refractivity contribution in [1.29, 1.82) is 0 Å². The van der Waals surface area contributed by atoms with Gasteiger partial charge in [0.05, 0.1) is 5.92 Å². The second-order valence-electron chi connectivity index (χ2n) is 8.29. The number of hydrogen-bond donors (Lipinski definition) is 1. The first-order valence-corrected chi connectivity index (χ1v) is 10.8. The number of nitrogens with zero attached hydrogens (tertiary/aromatic N) is 1. The lowest BCUT2D eigenvalue weighted by molar-refractivity contribution is -0.133. The summed E-state index contributed by atoms with van der Waals surface area (Å²) in [4.78, 5) is 55.9. The van der Waals surface area contributed by atoms with Crippen LogP contribution < -0.4 is 5.32 Å². The molecule has 1 N–H and O–H groups in total. The predicted molar refractivity (Wildman–Crippen MR) is 126 cm³/mol. The van der Waals surface area contributed by atoms with Gasteiger partial charge in [-0.25, -0.2) is 4.39 Å². The summed E-state index contributed by atoms with van der Waals surface area (Å²) in [5, 5.41) is 2.71. The molecule has 7 heteroatoms. The second kappa shape index (κ2) is 10.7. The fourth-order valence-electron chi connectivity index (χ4n) is 3.66. The van der Waals surface area contributed by atoms with Crippen LogP contribution in [-0.2, 0) is 9.59 Å². The third kappa shape index (κ3) is 5.67. The lowest BCUT2D eigenvalue weighted by atomic mass is 9.76. The maximum absolute atomic E-state index is 13.6. The summed E-state index contributed by atoms with van der Waals surface area (Å²) in [6.07, 6.45) is 2.97. The van der Waals surface area contributed by atoms with Crippen LogP contribution in [0.5, 0.6) is 0 Å². The summed E-state index contributed by atoms with van der Waals surface area (Å²) < 4.78 is 13.5. The number of nitrogens with one attached hydrogen (secondary N) is 1. The Labute approximate surface area is 197 Å². The Morgan fingerprint density at radius 3 is 2.03 bits per heavy atom. The molecule has 3 rings (SSSR count). The van der Waals surface area contributed by atoms with Crippen LogP contribution in [-0.4, -0.2) is 28.2 Å². The van der Waals surface area contributed by atoms with E-state index < -0.39 is 41.0 Å². The molecule has 1 amide bonds. The molecule has 174 valence electrons. The van der Waals surface area contributed by atoms with Crippen LogP contribution in [0, 0.1) is 17.7 Å². The summed E-state index contributed by atoms with van der Waals surface area (Å²) in [5.41, 5.74) is 1.44. The van der Waals surface area contributed by atoms with Crippen molar-refractivity contribution in [3.63, 3.8) is 0 Å². The van der Waals surface area contributed by atoms with E-state index in [-0.39, 0.29) is 11.3 Å². The number of aromatic nitrogens is 1. The first kappa shape index (κ1) is 24.6. The number of benzene rings is 2. The standard InChI is InChI=1S/C27H25FN2O4/c1-16(2)25(32)24(27(34)30-22-12-8-18(9-13-22)17(3)31)23(20-5-4-14-29-15-20)26(33)19-6-10-21(28)11-7-19/h4-16,23-24H,1-3H3,(H,30,34). The molecule has 0 aliphatic carbocycles. The summed E-state index contributed by atoms with van der Waals surface area (Å²) >= 11 is 0. The molecule has 3 aromatic rings. The van der Waals surface area contributed by atoms with Gasteiger partial charge in [0, 0.05) is 35.1 Å². The molecule has 2 unspecified atom stereocenters. The number of amides is 1. The van der Waals surface area contributed by atoms with Crippen LogP contribution in [0.3, 0.4) is 0 Å². The molecule has 0 radical (unpaired) electrons. The molecular weight excluding hydrogens is 435 g/mol. The molecule has 0 aliphatic rings. The fourth-order valence-corrected chi connectivity index (χ4v) is 3.66. The summed E-state index contributed by atoms with van der Waals surface area (Å²) in [6.45, 7) is 4.75. The topological polar surface area (TPSA) is 93.2 Å². The van der Waals surface area contributed by atoms with Crippen molar-refractivity contribution < 1.29 is 23.6 Å². The van der Waals surface area contributed by atoms with Crippen LogP contribution in [0.1, 0.15) is 53.0 Å². The number of hydrogen-bond acceptors (Lipinski definition) is 5. The van der Waals surface area contributed by atoms with E-state index in [4.69, 9.17) is 0 Å². The van der Waals surface area contributed by atoms with Gasteiger partial charge >= 0.3 is 0 Å². The SMILES string of the molecule is CC(=O)c1ccc(NC(=O)C(C(=O)C(C)C)C(C(=O)c2ccc(F)cc2)c2cccnc2)cc1. The van der Waals surface area contributed by atoms with Crippen molar-refractivity contribution in [2.24, 2.45) is 11.8 Å². The van der Waals surface area contributed by atoms with Crippen molar-refractivity contribution >= 4 is 28.9 Å². The smallest absolute Gasteiger partial charge is 0.236 e. The molecule has 34 heavy (non-hydrogen) atoms. The van der Waals surface area contributed by atoms with Crippen molar-refractivity contribution in [2.75, 3.05) is 5.32 Å². The van der Waals surface area contributed by atoms with Gasteiger partial charge in [0.15, 0.2) is 11.6 Å². The quantitative estimate of drug-likeness (QED) is 0.363. The van der Waals surface area contributed by atoms with Crippen LogP contribution in [0.15, 0.2) is 73.1 Å². The average molecular weight is 461 g/mol. The van der Waals surface area contributed by atoms with E-state index in [9.17, 15) is 23.6 Å². The number of carbonyl (C=O) groups excluding carboxylic acids is 4. The zero-order valence-electron chi connectivity index (χ0n) is 19.1. The van der Waals surface area contributed by atoms with Crippen LogP contribution in [0.2, 0.25) is 0 Å². The van der Waals surface area contributed by atoms with Gasteiger partial charge in [-0.05, 0) is 67.1 Å². The minimum atomic E-state index is -1.35. The Balaban J connectivity index is 2.05. The molecule has 0 saturated heterocycles. The minimum Gasteiger partial charge on any atom is -0.325 e. The van der Waals surface area contributed by atoms with Gasteiger partial charge in [0.2, 0.25) is 5.91 Å². The molecule has 0 saturated carbocycles. The number of rotatable bonds is 9. The Bertz CT molecular complexity index is 1190. The largest absolute Gasteiger partial charge is 0.325 e. The highest BCUT2D eigenvalue weighted by molar-refractivity contribution is 6.14. The predicted octanol–water partition coefficient (Wildman–Crippen LogP) is 4.87. The molecular formula is C27H25FN2O4. The van der Waals surface area contributed by atoms with E-state index in [2.05, 4.69) is 10.3 Å². The Morgan fingerprint density at radius 2 is 1.50 bits per heavy atom. The normalized spacial score (nSPS) is 12.6. The van der Waals surface area contributed by atoms with Crippen molar-refractivity contribution in [2.45, 2.75) is 26.7 Å². The minimum absolute atomic E-state index is 0.118. The van der Waals surface area contributed by atoms with Gasteiger partial charge in [0.25, 0.3) is 0 Å². The van der Waals surface area contributed by atoms with Crippen LogP contribution in [0.4, 0.5) is 10.1 Å². The van der Waals surface area contributed by atoms with Crippen molar-refractivity contribution in [1.82, 2.24) is 4.98 Å². The maximum atomic E-state index is 13.6. The fraction of sp³-hybridized carbons (Fsp3) is 0.222. The molecule has 2 aromatic carbocycles. The highest BCUT2D eigenvalue weighted by Crippen LogP contribution is 2.32. The first-order valence-electron chi connectivity index (χ1n) is 10.8. The monoisotopic (exact) mass is 460 g/mol. The van der Waals surface area contributed by atoms with E-state index in [0.29, 0.717) is 16.8 Å². The third-order valence-corrected chi connectivity index (χ3v) is 5.51. The van der Waals surface area contributed by atoms with E-state index in [0.717, 1.165) is 12.1 Å². The zero-order valence-corrected chi connectivity index (χ0v) is 19.1. The molecule has 1 heterocycles. The lowest BCUT2D eigenvalue weighted by Gasteiger charge is -2.26. The number of ketones is 3. The molecule has 1 aromatic heterocycles. The summed E-state index contributed by atoms with van der Waals surface area (Å²) in [5.74, 6) is -5.23. The Hall–Kier alpha value is -4.00. The van der Waals surface area contributed by atoms with E-state index in [1.165, 1.54) is 31.5 Å². The number of anilines is 1.